The van der Waals surface area contributed by atoms with Crippen molar-refractivity contribution in [3.05, 3.63) is 48.0 Å². The maximum atomic E-state index is 13.6. The van der Waals surface area contributed by atoms with Gasteiger partial charge in [0.2, 0.25) is 0 Å². The Morgan fingerprint density at radius 1 is 1.27 bits per heavy atom. The molecule has 0 aliphatic carbocycles. The zero-order valence-electron chi connectivity index (χ0n) is 12.0. The van der Waals surface area contributed by atoms with Gasteiger partial charge in [-0.3, -0.25) is 9.59 Å². The molecular weight excluding hydrogens is 289 g/mol. The van der Waals surface area contributed by atoms with E-state index in [-0.39, 0.29) is 36.0 Å². The number of carbonyl (C=O) groups excluding carboxylic acids is 1. The van der Waals surface area contributed by atoms with E-state index in [2.05, 4.69) is 5.32 Å². The van der Waals surface area contributed by atoms with Crippen LogP contribution < -0.4 is 5.32 Å². The molecule has 0 bridgehead atoms. The number of carboxylic acid groups (broad SMARTS) is 1. The Labute approximate surface area is 126 Å². The van der Waals surface area contributed by atoms with Crippen LogP contribution in [0.4, 0.5) is 4.39 Å². The number of halogens is 1. The highest BCUT2D eigenvalue weighted by Crippen LogP contribution is 2.24. The molecule has 1 heterocycles. The van der Waals surface area contributed by atoms with E-state index in [4.69, 9.17) is 9.52 Å². The number of furan rings is 1. The third-order valence-electron chi connectivity index (χ3n) is 3.10. The second kappa shape index (κ2) is 6.89. The molecule has 0 spiro atoms. The standard InChI is InChI=1S/C16H16FNO4/c1-10(8-15(19)20)9-18-16(21)14-7-6-13(22-14)11-4-2-3-5-12(11)17/h2-7,10H,8-9H2,1H3,(H,18,21)(H,19,20). The average molecular weight is 305 g/mol. The minimum Gasteiger partial charge on any atom is -0.481 e. The largest absolute Gasteiger partial charge is 0.481 e. The lowest BCUT2D eigenvalue weighted by molar-refractivity contribution is -0.137. The number of nitrogens with one attached hydrogen (secondary N) is 1. The third kappa shape index (κ3) is 3.94. The molecule has 1 amide bonds. The average Bonchev–Trinajstić information content (AvgIpc) is 2.94. The molecule has 22 heavy (non-hydrogen) atoms. The van der Waals surface area contributed by atoms with E-state index in [1.54, 1.807) is 25.1 Å². The van der Waals surface area contributed by atoms with Crippen molar-refractivity contribution in [1.29, 1.82) is 0 Å². The van der Waals surface area contributed by atoms with Gasteiger partial charge in [-0.15, -0.1) is 0 Å². The van der Waals surface area contributed by atoms with Gasteiger partial charge in [-0.05, 0) is 30.2 Å². The lowest BCUT2D eigenvalue weighted by atomic mass is 10.1. The summed E-state index contributed by atoms with van der Waals surface area (Å²) in [5.41, 5.74) is 0.279. The fourth-order valence-corrected chi connectivity index (χ4v) is 1.99. The van der Waals surface area contributed by atoms with Crippen LogP contribution in [-0.2, 0) is 4.79 Å². The first-order chi connectivity index (χ1) is 10.5. The summed E-state index contributed by atoms with van der Waals surface area (Å²) in [6.07, 6.45) is -0.0289. The SMILES string of the molecule is CC(CNC(=O)c1ccc(-c2ccccc2F)o1)CC(=O)O. The van der Waals surface area contributed by atoms with Gasteiger partial charge in [-0.2, -0.15) is 0 Å². The molecular formula is C16H16FNO4. The molecule has 2 N–H and O–H groups in total. The van der Waals surface area contributed by atoms with E-state index in [1.807, 2.05) is 0 Å². The molecule has 1 aromatic heterocycles. The summed E-state index contributed by atoms with van der Waals surface area (Å²) in [5.74, 6) is -1.68. The minimum absolute atomic E-state index is 0.0289. The van der Waals surface area contributed by atoms with Gasteiger partial charge < -0.3 is 14.8 Å². The monoisotopic (exact) mass is 305 g/mol. The first-order valence-electron chi connectivity index (χ1n) is 6.82. The van der Waals surface area contributed by atoms with Gasteiger partial charge in [0.1, 0.15) is 11.6 Å². The van der Waals surface area contributed by atoms with Crippen LogP contribution in [-0.4, -0.2) is 23.5 Å². The molecule has 2 rings (SSSR count). The van der Waals surface area contributed by atoms with Gasteiger partial charge in [0.05, 0.1) is 5.56 Å². The molecule has 6 heteroatoms. The zero-order chi connectivity index (χ0) is 16.1. The van der Waals surface area contributed by atoms with Crippen LogP contribution in [0.3, 0.4) is 0 Å². The van der Waals surface area contributed by atoms with E-state index in [0.29, 0.717) is 0 Å². The summed E-state index contributed by atoms with van der Waals surface area (Å²) < 4.78 is 19.0. The highest BCUT2D eigenvalue weighted by molar-refractivity contribution is 5.92. The van der Waals surface area contributed by atoms with Crippen molar-refractivity contribution in [2.45, 2.75) is 13.3 Å². The quantitative estimate of drug-likeness (QED) is 0.860. The highest BCUT2D eigenvalue weighted by atomic mass is 19.1. The van der Waals surface area contributed by atoms with Gasteiger partial charge in [-0.1, -0.05) is 19.1 Å². The Balaban J connectivity index is 2.01. The molecule has 1 aromatic carbocycles. The number of benzene rings is 1. The number of amides is 1. The van der Waals surface area contributed by atoms with Crippen LogP contribution >= 0.6 is 0 Å². The Morgan fingerprint density at radius 2 is 2.00 bits per heavy atom. The summed E-state index contributed by atoms with van der Waals surface area (Å²) in [7, 11) is 0. The Morgan fingerprint density at radius 3 is 2.68 bits per heavy atom. The fourth-order valence-electron chi connectivity index (χ4n) is 1.99. The summed E-state index contributed by atoms with van der Waals surface area (Å²) in [4.78, 5) is 22.5. The number of hydrogen-bond acceptors (Lipinski definition) is 3. The van der Waals surface area contributed by atoms with Crippen molar-refractivity contribution >= 4 is 11.9 Å². The van der Waals surface area contributed by atoms with E-state index in [0.717, 1.165) is 0 Å². The van der Waals surface area contributed by atoms with E-state index < -0.39 is 17.7 Å². The summed E-state index contributed by atoms with van der Waals surface area (Å²) in [6, 6.07) is 9.09. The molecule has 5 nitrogen and oxygen atoms in total. The van der Waals surface area contributed by atoms with Gasteiger partial charge in [-0.25, -0.2) is 4.39 Å². The summed E-state index contributed by atoms with van der Waals surface area (Å²) in [6.45, 7) is 1.95. The van der Waals surface area contributed by atoms with Crippen molar-refractivity contribution < 1.29 is 23.5 Å². The highest BCUT2D eigenvalue weighted by Gasteiger charge is 2.15. The van der Waals surface area contributed by atoms with Gasteiger partial charge in [0.25, 0.3) is 5.91 Å². The van der Waals surface area contributed by atoms with Crippen LogP contribution in [0.1, 0.15) is 23.9 Å². The van der Waals surface area contributed by atoms with E-state index in [1.165, 1.54) is 18.2 Å². The molecule has 0 radical (unpaired) electrons. The second-order valence-corrected chi connectivity index (χ2v) is 5.06. The lowest BCUT2D eigenvalue weighted by Crippen LogP contribution is -2.28. The molecule has 1 atom stereocenters. The molecule has 0 saturated heterocycles. The number of carbonyl (C=O) groups is 2. The van der Waals surface area contributed by atoms with Crippen molar-refractivity contribution in [1.82, 2.24) is 5.32 Å². The van der Waals surface area contributed by atoms with Crippen LogP contribution in [0.15, 0.2) is 40.8 Å². The molecule has 0 aliphatic heterocycles. The third-order valence-corrected chi connectivity index (χ3v) is 3.10. The molecule has 0 saturated carbocycles. The predicted molar refractivity (Wildman–Crippen MR) is 77.9 cm³/mol. The van der Waals surface area contributed by atoms with Crippen molar-refractivity contribution in [3.63, 3.8) is 0 Å². The normalized spacial score (nSPS) is 11.9. The summed E-state index contributed by atoms with van der Waals surface area (Å²) >= 11 is 0. The zero-order valence-corrected chi connectivity index (χ0v) is 12.0. The lowest BCUT2D eigenvalue weighted by Gasteiger charge is -2.09. The minimum atomic E-state index is -0.915. The van der Waals surface area contributed by atoms with Crippen molar-refractivity contribution in [2.24, 2.45) is 5.92 Å². The van der Waals surface area contributed by atoms with Crippen molar-refractivity contribution in [2.75, 3.05) is 6.54 Å². The Kier molecular flexibility index (Phi) is 4.93. The molecule has 1 unspecified atom stereocenters. The summed E-state index contributed by atoms with van der Waals surface area (Å²) in [5, 5.41) is 11.2. The van der Waals surface area contributed by atoms with Gasteiger partial charge in [0, 0.05) is 13.0 Å². The maximum absolute atomic E-state index is 13.6. The fraction of sp³-hybridized carbons (Fsp3) is 0.250. The van der Waals surface area contributed by atoms with Crippen LogP contribution in [0.2, 0.25) is 0 Å². The van der Waals surface area contributed by atoms with Crippen LogP contribution in [0.5, 0.6) is 0 Å². The van der Waals surface area contributed by atoms with E-state index >= 15 is 0 Å². The molecule has 0 aliphatic rings. The molecule has 0 fully saturated rings. The van der Waals surface area contributed by atoms with Crippen molar-refractivity contribution in [3.8, 4) is 11.3 Å². The number of carboxylic acids is 1. The van der Waals surface area contributed by atoms with Crippen LogP contribution in [0.25, 0.3) is 11.3 Å². The maximum Gasteiger partial charge on any atom is 0.303 e. The molecule has 116 valence electrons. The second-order valence-electron chi connectivity index (χ2n) is 5.06. The number of rotatable bonds is 6. The van der Waals surface area contributed by atoms with Gasteiger partial charge >= 0.3 is 5.97 Å². The van der Waals surface area contributed by atoms with Gasteiger partial charge in [0.15, 0.2) is 5.76 Å². The first kappa shape index (κ1) is 15.8. The molecule has 2 aromatic rings. The predicted octanol–water partition coefficient (Wildman–Crippen LogP) is 2.93. The number of hydrogen-bond donors (Lipinski definition) is 2. The Bertz CT molecular complexity index is 680. The Hall–Kier alpha value is -2.63. The van der Waals surface area contributed by atoms with E-state index in [9.17, 15) is 14.0 Å². The smallest absolute Gasteiger partial charge is 0.303 e. The first-order valence-corrected chi connectivity index (χ1v) is 6.82. The number of aliphatic carboxylic acids is 1. The van der Waals surface area contributed by atoms with Crippen LogP contribution in [0, 0.1) is 11.7 Å². The topological polar surface area (TPSA) is 79.5 Å².